The second-order valence-corrected chi connectivity index (χ2v) is 7.75. The van der Waals surface area contributed by atoms with Crippen molar-refractivity contribution in [1.82, 2.24) is 25.3 Å². The summed E-state index contributed by atoms with van der Waals surface area (Å²) in [5.74, 6) is 0.180. The predicted octanol–water partition coefficient (Wildman–Crippen LogP) is 4.20. The number of amides is 1. The number of halogens is 4. The highest BCUT2D eigenvalue weighted by Crippen LogP contribution is 2.35. The quantitative estimate of drug-likeness (QED) is 0.632. The summed E-state index contributed by atoms with van der Waals surface area (Å²) >= 11 is 6.05. The molecule has 1 atom stereocenters. The van der Waals surface area contributed by atoms with Gasteiger partial charge in [0.05, 0.1) is 5.02 Å². The molecular formula is C19H22ClF3N6O. The molecule has 3 aromatic rings. The van der Waals surface area contributed by atoms with Gasteiger partial charge in [0.2, 0.25) is 5.91 Å². The number of H-pyrrole nitrogens is 1. The number of nitrogens with one attached hydrogen (secondary N) is 2. The third-order valence-electron chi connectivity index (χ3n) is 5.24. The predicted molar refractivity (Wildman–Crippen MR) is 110 cm³/mol. The molecule has 1 aliphatic heterocycles. The summed E-state index contributed by atoms with van der Waals surface area (Å²) < 4.78 is 37.6. The number of rotatable bonds is 4. The summed E-state index contributed by atoms with van der Waals surface area (Å²) in [6, 6.07) is 3.39. The van der Waals surface area contributed by atoms with Crippen LogP contribution in [0.2, 0.25) is 5.02 Å². The van der Waals surface area contributed by atoms with E-state index in [-0.39, 0.29) is 2.85 Å². The lowest BCUT2D eigenvalue weighted by Crippen LogP contribution is -2.55. The Morgan fingerprint density at radius 2 is 2.23 bits per heavy atom. The van der Waals surface area contributed by atoms with E-state index in [9.17, 15) is 18.0 Å². The molecule has 7 nitrogen and oxygen atoms in total. The van der Waals surface area contributed by atoms with Crippen LogP contribution in [-0.4, -0.2) is 50.6 Å². The standard InChI is InChI=1S/C19H18ClF3N6O.2H2/c1-18(17(30)27-10-19(21,22)23)4-2-6-29(18)14-3-5-24-16(28-14)13-9-26-15-12(13)7-11(20)8-25-15;;/h3,5,7-9H,2,4,6,10H2,1H3,(H,25,26)(H,27,30);2*1H/t18-;;/m1../s1. The van der Waals surface area contributed by atoms with E-state index in [1.165, 1.54) is 6.20 Å². The highest BCUT2D eigenvalue weighted by atomic mass is 35.5. The van der Waals surface area contributed by atoms with E-state index in [0.717, 1.165) is 5.39 Å². The Morgan fingerprint density at radius 1 is 1.43 bits per heavy atom. The normalized spacial score (nSPS) is 19.4. The van der Waals surface area contributed by atoms with Crippen molar-refractivity contribution in [1.29, 1.82) is 0 Å². The molecule has 0 bridgehead atoms. The maximum atomic E-state index is 12.6. The minimum Gasteiger partial charge on any atom is -0.345 e. The molecule has 0 unspecified atom stereocenters. The first kappa shape index (κ1) is 20.4. The molecule has 30 heavy (non-hydrogen) atoms. The molecule has 2 N–H and O–H groups in total. The third-order valence-corrected chi connectivity index (χ3v) is 5.44. The molecule has 0 radical (unpaired) electrons. The van der Waals surface area contributed by atoms with E-state index in [1.807, 2.05) is 5.32 Å². The van der Waals surface area contributed by atoms with Crippen LogP contribution < -0.4 is 10.2 Å². The number of fused-ring (bicyclic) bond motifs is 1. The van der Waals surface area contributed by atoms with Crippen molar-refractivity contribution >= 4 is 34.4 Å². The molecule has 11 heteroatoms. The van der Waals surface area contributed by atoms with E-state index in [2.05, 4.69) is 19.9 Å². The Bertz CT molecular complexity index is 1110. The maximum Gasteiger partial charge on any atom is 0.405 e. The number of carbonyl (C=O) groups excluding carboxylic acids is 1. The van der Waals surface area contributed by atoms with E-state index in [4.69, 9.17) is 11.6 Å². The van der Waals surface area contributed by atoms with Crippen LogP contribution in [0.3, 0.4) is 0 Å². The average molecular weight is 443 g/mol. The third kappa shape index (κ3) is 3.79. The Morgan fingerprint density at radius 3 is 3.00 bits per heavy atom. The monoisotopic (exact) mass is 442 g/mol. The van der Waals surface area contributed by atoms with Gasteiger partial charge in [0.1, 0.15) is 23.5 Å². The molecule has 1 aliphatic rings. The molecule has 1 amide bonds. The van der Waals surface area contributed by atoms with Crippen LogP contribution in [0.5, 0.6) is 0 Å². The summed E-state index contributed by atoms with van der Waals surface area (Å²) in [7, 11) is 0. The lowest BCUT2D eigenvalue weighted by Gasteiger charge is -2.35. The lowest BCUT2D eigenvalue weighted by molar-refractivity contribution is -0.141. The lowest BCUT2D eigenvalue weighted by atomic mass is 9.97. The number of anilines is 1. The molecule has 0 aromatic carbocycles. The van der Waals surface area contributed by atoms with Gasteiger partial charge in [0, 0.05) is 38.9 Å². The van der Waals surface area contributed by atoms with Crippen molar-refractivity contribution in [2.75, 3.05) is 18.0 Å². The average Bonchev–Trinajstić information content (AvgIpc) is 3.29. The van der Waals surface area contributed by atoms with Crippen LogP contribution in [0.25, 0.3) is 22.4 Å². The zero-order valence-electron chi connectivity index (χ0n) is 15.9. The van der Waals surface area contributed by atoms with Gasteiger partial charge in [-0.05, 0) is 31.9 Å². The van der Waals surface area contributed by atoms with E-state index >= 15 is 0 Å². The second kappa shape index (κ2) is 7.42. The number of hydrogen-bond donors (Lipinski definition) is 2. The smallest absolute Gasteiger partial charge is 0.345 e. The van der Waals surface area contributed by atoms with Crippen molar-refractivity contribution in [3.63, 3.8) is 0 Å². The molecule has 0 spiro atoms. The molecule has 4 rings (SSSR count). The number of aromatic amines is 1. The largest absolute Gasteiger partial charge is 0.405 e. The van der Waals surface area contributed by atoms with Gasteiger partial charge in [-0.2, -0.15) is 13.2 Å². The fourth-order valence-electron chi connectivity index (χ4n) is 3.73. The first-order valence-electron chi connectivity index (χ1n) is 9.26. The van der Waals surface area contributed by atoms with Crippen molar-refractivity contribution < 1.29 is 20.8 Å². The van der Waals surface area contributed by atoms with Gasteiger partial charge >= 0.3 is 6.18 Å². The first-order chi connectivity index (χ1) is 14.2. The summed E-state index contributed by atoms with van der Waals surface area (Å²) in [5.41, 5.74) is 0.173. The van der Waals surface area contributed by atoms with E-state index in [0.29, 0.717) is 47.3 Å². The van der Waals surface area contributed by atoms with Crippen LogP contribution in [0.4, 0.5) is 19.0 Å². The topological polar surface area (TPSA) is 86.8 Å². The maximum absolute atomic E-state index is 12.6. The first-order valence-corrected chi connectivity index (χ1v) is 9.64. The molecule has 1 saturated heterocycles. The summed E-state index contributed by atoms with van der Waals surface area (Å²) in [5, 5.41) is 3.21. The number of aromatic nitrogens is 4. The fourth-order valence-corrected chi connectivity index (χ4v) is 3.89. The Hall–Kier alpha value is -2.88. The Kier molecular flexibility index (Phi) is 5.05. The molecule has 4 heterocycles. The molecule has 0 aliphatic carbocycles. The van der Waals surface area contributed by atoms with Crippen molar-refractivity contribution in [2.45, 2.75) is 31.5 Å². The number of hydrogen-bond acceptors (Lipinski definition) is 5. The molecule has 1 fully saturated rings. The molecular weight excluding hydrogens is 421 g/mol. The van der Waals surface area contributed by atoms with Gasteiger partial charge in [-0.1, -0.05) is 11.6 Å². The minimum absolute atomic E-state index is 0. The van der Waals surface area contributed by atoms with E-state index < -0.39 is 24.2 Å². The van der Waals surface area contributed by atoms with Gasteiger partial charge in [-0.25, -0.2) is 15.0 Å². The fraction of sp³-hybridized carbons (Fsp3) is 0.368. The van der Waals surface area contributed by atoms with Crippen LogP contribution in [0.15, 0.2) is 30.7 Å². The van der Waals surface area contributed by atoms with Gasteiger partial charge in [-0.3, -0.25) is 4.79 Å². The molecule has 3 aromatic heterocycles. The summed E-state index contributed by atoms with van der Waals surface area (Å²) in [6.45, 7) is 0.754. The SMILES string of the molecule is C[C@]1(C(=O)NCC(F)(F)F)CCCN1c1ccnc(-c2c[nH]c3ncc(Cl)cc23)n1.[HH].[HH]. The highest BCUT2D eigenvalue weighted by molar-refractivity contribution is 6.31. The van der Waals surface area contributed by atoms with E-state index in [1.54, 1.807) is 36.4 Å². The van der Waals surface area contributed by atoms with Crippen LogP contribution in [0.1, 0.15) is 22.6 Å². The summed E-state index contributed by atoms with van der Waals surface area (Å²) in [6.07, 6.45) is 1.40. The number of carbonyl (C=O) groups is 1. The van der Waals surface area contributed by atoms with Gasteiger partial charge in [0.15, 0.2) is 5.82 Å². The number of nitrogens with zero attached hydrogens (tertiary/aromatic N) is 4. The second-order valence-electron chi connectivity index (χ2n) is 7.32. The van der Waals surface area contributed by atoms with Crippen molar-refractivity contribution in [2.24, 2.45) is 0 Å². The van der Waals surface area contributed by atoms with Gasteiger partial charge in [-0.15, -0.1) is 0 Å². The van der Waals surface area contributed by atoms with Crippen LogP contribution >= 0.6 is 11.6 Å². The molecule has 0 saturated carbocycles. The zero-order valence-corrected chi connectivity index (χ0v) is 16.7. The van der Waals surface area contributed by atoms with Gasteiger partial charge in [0.25, 0.3) is 0 Å². The van der Waals surface area contributed by atoms with Crippen LogP contribution in [0, 0.1) is 0 Å². The number of pyridine rings is 1. The van der Waals surface area contributed by atoms with Crippen molar-refractivity contribution in [3.05, 3.63) is 35.7 Å². The van der Waals surface area contributed by atoms with Gasteiger partial charge < -0.3 is 15.2 Å². The Balaban J connectivity index is 0.00000181. The molecule has 162 valence electrons. The highest BCUT2D eigenvalue weighted by Gasteiger charge is 2.45. The zero-order chi connectivity index (χ0) is 21.5. The Labute approximate surface area is 177 Å². The summed E-state index contributed by atoms with van der Waals surface area (Å²) in [4.78, 5) is 30.5. The van der Waals surface area contributed by atoms with Crippen LogP contribution in [-0.2, 0) is 4.79 Å². The van der Waals surface area contributed by atoms with Crippen molar-refractivity contribution in [3.8, 4) is 11.4 Å². The number of alkyl halides is 3. The minimum atomic E-state index is -4.47.